The van der Waals surface area contributed by atoms with Crippen LogP contribution in [-0.2, 0) is 0 Å². The Morgan fingerprint density at radius 3 is 2.22 bits per heavy atom. The fourth-order valence-electron chi connectivity index (χ4n) is 4.01. The molecule has 1 heterocycles. The van der Waals surface area contributed by atoms with Crippen LogP contribution in [0, 0.1) is 5.41 Å². The molecule has 106 valence electrons. The highest BCUT2D eigenvalue weighted by atomic mass is 15.3. The van der Waals surface area contributed by atoms with Gasteiger partial charge in [-0.1, -0.05) is 20.8 Å². The summed E-state index contributed by atoms with van der Waals surface area (Å²) in [6.07, 6.45) is 5.42. The van der Waals surface area contributed by atoms with Crippen molar-refractivity contribution in [2.24, 2.45) is 5.41 Å². The first-order valence-corrected chi connectivity index (χ1v) is 7.70. The molecule has 2 fully saturated rings. The fraction of sp³-hybridized carbons (Fsp3) is 1.00. The third-order valence-corrected chi connectivity index (χ3v) is 4.21. The number of rotatable bonds is 4. The first-order chi connectivity index (χ1) is 8.16. The van der Waals surface area contributed by atoms with Gasteiger partial charge in [-0.2, -0.15) is 0 Å². The monoisotopic (exact) mass is 252 g/mol. The van der Waals surface area contributed by atoms with Gasteiger partial charge < -0.3 is 5.32 Å². The predicted molar refractivity (Wildman–Crippen MR) is 78.9 cm³/mol. The lowest BCUT2D eigenvalue weighted by Crippen LogP contribution is -2.49. The predicted octanol–water partition coefficient (Wildman–Crippen LogP) is 3.42. The van der Waals surface area contributed by atoms with E-state index >= 15 is 0 Å². The van der Waals surface area contributed by atoms with Crippen LogP contribution < -0.4 is 5.32 Å². The van der Waals surface area contributed by atoms with Crippen LogP contribution in [0.3, 0.4) is 0 Å². The quantitative estimate of drug-likeness (QED) is 0.825. The summed E-state index contributed by atoms with van der Waals surface area (Å²) < 4.78 is 0. The van der Waals surface area contributed by atoms with Crippen LogP contribution in [0.4, 0.5) is 0 Å². The Hall–Kier alpha value is -0.0800. The van der Waals surface area contributed by atoms with Gasteiger partial charge in [0.15, 0.2) is 0 Å². The van der Waals surface area contributed by atoms with Crippen molar-refractivity contribution in [1.29, 1.82) is 0 Å². The van der Waals surface area contributed by atoms with Gasteiger partial charge in [0.25, 0.3) is 0 Å². The van der Waals surface area contributed by atoms with E-state index in [0.717, 1.165) is 12.1 Å². The summed E-state index contributed by atoms with van der Waals surface area (Å²) in [6, 6.07) is 2.39. The number of nitrogens with one attached hydrogen (secondary N) is 1. The van der Waals surface area contributed by atoms with Gasteiger partial charge in [0.2, 0.25) is 0 Å². The summed E-state index contributed by atoms with van der Waals surface area (Å²) in [5.74, 6) is 0. The number of likely N-dealkylation sites (tertiary alicyclic amines) is 1. The van der Waals surface area contributed by atoms with Gasteiger partial charge in [0.05, 0.1) is 0 Å². The molecule has 18 heavy (non-hydrogen) atoms. The van der Waals surface area contributed by atoms with Crippen molar-refractivity contribution in [3.63, 3.8) is 0 Å². The van der Waals surface area contributed by atoms with Crippen LogP contribution in [0.15, 0.2) is 0 Å². The molecule has 2 heteroatoms. The largest absolute Gasteiger partial charge is 0.308 e. The van der Waals surface area contributed by atoms with Crippen LogP contribution in [0.5, 0.6) is 0 Å². The van der Waals surface area contributed by atoms with Crippen molar-refractivity contribution >= 4 is 0 Å². The molecule has 1 saturated carbocycles. The average molecular weight is 252 g/mol. The van der Waals surface area contributed by atoms with Crippen molar-refractivity contribution in [2.45, 2.75) is 90.9 Å². The number of hydrogen-bond donors (Lipinski definition) is 1. The fourth-order valence-corrected chi connectivity index (χ4v) is 4.01. The molecule has 1 aliphatic heterocycles. The smallest absolute Gasteiger partial charge is 0.0214 e. The second kappa shape index (κ2) is 4.79. The van der Waals surface area contributed by atoms with Crippen LogP contribution in [0.25, 0.3) is 0 Å². The molecule has 0 bridgehead atoms. The second-order valence-electron chi connectivity index (χ2n) is 8.48. The summed E-state index contributed by atoms with van der Waals surface area (Å²) in [5, 5.41) is 3.91. The molecule has 2 aliphatic rings. The molecule has 1 saturated heterocycles. The van der Waals surface area contributed by atoms with Crippen LogP contribution in [0.1, 0.15) is 67.2 Å². The van der Waals surface area contributed by atoms with Crippen molar-refractivity contribution in [2.75, 3.05) is 6.54 Å². The topological polar surface area (TPSA) is 15.3 Å². The maximum Gasteiger partial charge on any atom is 0.0214 e. The van der Waals surface area contributed by atoms with Crippen molar-refractivity contribution in [3.8, 4) is 0 Å². The molecule has 0 aromatic carbocycles. The van der Waals surface area contributed by atoms with Crippen molar-refractivity contribution in [3.05, 3.63) is 0 Å². The molecule has 1 N–H and O–H groups in total. The minimum atomic E-state index is 0.252. The molecule has 2 nitrogen and oxygen atoms in total. The lowest BCUT2D eigenvalue weighted by molar-refractivity contribution is 0.216. The zero-order valence-electron chi connectivity index (χ0n) is 13.2. The summed E-state index contributed by atoms with van der Waals surface area (Å²) in [5.41, 5.74) is 0.652. The minimum absolute atomic E-state index is 0.252. The highest BCUT2D eigenvalue weighted by Gasteiger charge is 2.40. The van der Waals surface area contributed by atoms with E-state index in [0.29, 0.717) is 11.5 Å². The van der Waals surface area contributed by atoms with Crippen LogP contribution in [-0.4, -0.2) is 35.1 Å². The number of hydrogen-bond acceptors (Lipinski definition) is 2. The lowest BCUT2D eigenvalue weighted by Gasteiger charge is -2.36. The van der Waals surface area contributed by atoms with Gasteiger partial charge in [0, 0.05) is 30.2 Å². The molecule has 1 aliphatic carbocycles. The SMILES string of the molecule is CC1CC(NC(C)(C)CC(C)(C)C)CN1C1CC1. The Kier molecular flexibility index (Phi) is 3.81. The Bertz CT molecular complexity index is 286. The summed E-state index contributed by atoms with van der Waals surface area (Å²) >= 11 is 0. The molecular weight excluding hydrogens is 220 g/mol. The maximum atomic E-state index is 3.91. The third kappa shape index (κ3) is 3.96. The van der Waals surface area contributed by atoms with Gasteiger partial charge in [-0.25, -0.2) is 0 Å². The highest BCUT2D eigenvalue weighted by Crippen LogP contribution is 2.34. The van der Waals surface area contributed by atoms with Gasteiger partial charge in [-0.3, -0.25) is 4.90 Å². The zero-order valence-corrected chi connectivity index (χ0v) is 13.2. The van der Waals surface area contributed by atoms with E-state index in [1.165, 1.54) is 32.2 Å². The second-order valence-corrected chi connectivity index (χ2v) is 8.48. The Morgan fingerprint density at radius 2 is 1.72 bits per heavy atom. The molecule has 2 unspecified atom stereocenters. The Labute approximate surface area is 114 Å². The van der Waals surface area contributed by atoms with E-state index in [1.807, 2.05) is 0 Å². The van der Waals surface area contributed by atoms with Crippen molar-refractivity contribution in [1.82, 2.24) is 10.2 Å². The van der Waals surface area contributed by atoms with E-state index in [-0.39, 0.29) is 5.54 Å². The molecule has 0 aromatic rings. The van der Waals surface area contributed by atoms with Gasteiger partial charge >= 0.3 is 0 Å². The van der Waals surface area contributed by atoms with E-state index in [2.05, 4.69) is 51.8 Å². The maximum absolute atomic E-state index is 3.91. The average Bonchev–Trinajstić information content (AvgIpc) is 2.87. The van der Waals surface area contributed by atoms with Gasteiger partial charge in [0.1, 0.15) is 0 Å². The molecule has 2 atom stereocenters. The molecule has 0 radical (unpaired) electrons. The molecule has 0 aromatic heterocycles. The van der Waals surface area contributed by atoms with E-state index in [1.54, 1.807) is 0 Å². The standard InChI is InChI=1S/C16H32N2/c1-12-9-13(10-18(12)14-7-8-14)17-16(5,6)11-15(2,3)4/h12-14,17H,7-11H2,1-6H3. The Balaban J connectivity index is 1.86. The normalized spacial score (nSPS) is 31.0. The van der Waals surface area contributed by atoms with Crippen molar-refractivity contribution < 1.29 is 0 Å². The van der Waals surface area contributed by atoms with Crippen LogP contribution in [0.2, 0.25) is 0 Å². The molecular formula is C16H32N2. The van der Waals surface area contributed by atoms with Gasteiger partial charge in [-0.05, 0) is 51.9 Å². The van der Waals surface area contributed by atoms with E-state index < -0.39 is 0 Å². The molecule has 0 spiro atoms. The first-order valence-electron chi connectivity index (χ1n) is 7.70. The molecule has 2 rings (SSSR count). The summed E-state index contributed by atoms with van der Waals surface area (Å²) in [6.45, 7) is 15.4. The molecule has 0 amide bonds. The summed E-state index contributed by atoms with van der Waals surface area (Å²) in [7, 11) is 0. The first kappa shape index (κ1) is 14.3. The lowest BCUT2D eigenvalue weighted by atomic mass is 9.81. The van der Waals surface area contributed by atoms with Crippen LogP contribution >= 0.6 is 0 Å². The van der Waals surface area contributed by atoms with Gasteiger partial charge in [-0.15, -0.1) is 0 Å². The third-order valence-electron chi connectivity index (χ3n) is 4.21. The van der Waals surface area contributed by atoms with E-state index in [9.17, 15) is 0 Å². The minimum Gasteiger partial charge on any atom is -0.308 e. The number of nitrogens with zero attached hydrogens (tertiary/aromatic N) is 1. The van der Waals surface area contributed by atoms with E-state index in [4.69, 9.17) is 0 Å². The zero-order chi connectivity index (χ0) is 13.6. The summed E-state index contributed by atoms with van der Waals surface area (Å²) in [4.78, 5) is 2.73. The Morgan fingerprint density at radius 1 is 1.11 bits per heavy atom. The highest BCUT2D eigenvalue weighted by molar-refractivity contribution is 4.98.